The molecule has 0 aromatic heterocycles. The smallest absolute Gasteiger partial charge is 0.224 e. The predicted octanol–water partition coefficient (Wildman–Crippen LogP) is 1.08. The Balaban J connectivity index is 2.03. The Morgan fingerprint density at radius 3 is 2.62 bits per heavy atom. The lowest BCUT2D eigenvalue weighted by molar-refractivity contribution is -0.127. The highest BCUT2D eigenvalue weighted by Crippen LogP contribution is 2.22. The molecular weight excluding hydrogens is 326 g/mol. The molecule has 1 amide bonds. The van der Waals surface area contributed by atoms with E-state index in [4.69, 9.17) is 5.73 Å². The molecule has 0 radical (unpaired) electrons. The van der Waals surface area contributed by atoms with Crippen molar-refractivity contribution in [3.8, 4) is 0 Å². The van der Waals surface area contributed by atoms with Crippen LogP contribution in [0.25, 0.3) is 0 Å². The third-order valence-electron chi connectivity index (χ3n) is 4.31. The van der Waals surface area contributed by atoms with Gasteiger partial charge < -0.3 is 11.1 Å². The predicted molar refractivity (Wildman–Crippen MR) is 94.6 cm³/mol. The minimum atomic E-state index is -3.42. The molecule has 0 spiro atoms. The van der Waals surface area contributed by atoms with Crippen LogP contribution in [0, 0.1) is 5.92 Å². The van der Waals surface area contributed by atoms with E-state index >= 15 is 0 Å². The zero-order chi connectivity index (χ0) is 17.8. The summed E-state index contributed by atoms with van der Waals surface area (Å²) in [6, 6.07) is 9.11. The topological polar surface area (TPSA) is 92.5 Å². The fourth-order valence-corrected chi connectivity index (χ4v) is 4.38. The van der Waals surface area contributed by atoms with Gasteiger partial charge in [0.1, 0.15) is 0 Å². The number of nitrogens with two attached hydrogens (primary N) is 1. The summed E-state index contributed by atoms with van der Waals surface area (Å²) in [5.41, 5.74) is 5.92. The number of nitrogens with one attached hydrogen (secondary N) is 1. The number of benzene rings is 1. The van der Waals surface area contributed by atoms with Crippen molar-refractivity contribution in [2.45, 2.75) is 38.0 Å². The molecule has 0 aliphatic carbocycles. The molecule has 0 saturated carbocycles. The van der Waals surface area contributed by atoms with Gasteiger partial charge in [0.15, 0.2) is 0 Å². The van der Waals surface area contributed by atoms with Gasteiger partial charge in [-0.05, 0) is 32.3 Å². The Labute approximate surface area is 144 Å². The van der Waals surface area contributed by atoms with Gasteiger partial charge in [0, 0.05) is 25.2 Å². The Morgan fingerprint density at radius 2 is 2.00 bits per heavy atom. The van der Waals surface area contributed by atoms with Crippen molar-refractivity contribution in [2.24, 2.45) is 11.7 Å². The van der Waals surface area contributed by atoms with Crippen molar-refractivity contribution < 1.29 is 13.2 Å². The van der Waals surface area contributed by atoms with Crippen LogP contribution < -0.4 is 11.1 Å². The van der Waals surface area contributed by atoms with Crippen molar-refractivity contribution >= 4 is 15.9 Å². The largest absolute Gasteiger partial charge is 0.350 e. The van der Waals surface area contributed by atoms with E-state index in [9.17, 15) is 13.2 Å². The summed E-state index contributed by atoms with van der Waals surface area (Å²) in [7, 11) is -3.42. The molecule has 24 heavy (non-hydrogen) atoms. The van der Waals surface area contributed by atoms with Gasteiger partial charge in [0.25, 0.3) is 0 Å². The van der Waals surface area contributed by atoms with E-state index in [0.717, 1.165) is 5.56 Å². The van der Waals surface area contributed by atoms with Gasteiger partial charge in [-0.15, -0.1) is 0 Å². The molecule has 1 unspecified atom stereocenters. The first-order valence-electron chi connectivity index (χ1n) is 8.27. The molecule has 1 aromatic rings. The Morgan fingerprint density at radius 1 is 1.33 bits per heavy atom. The van der Waals surface area contributed by atoms with E-state index in [1.54, 1.807) is 12.1 Å². The molecule has 2 rings (SSSR count). The number of hydrogen-bond donors (Lipinski definition) is 2. The molecule has 3 N–H and O–H groups in total. The SMILES string of the molecule is CC(C)(CN)NC(=O)C1CCCN(S(=O)(=O)Cc2ccccc2)C1. The lowest BCUT2D eigenvalue weighted by atomic mass is 9.96. The van der Waals surface area contributed by atoms with Gasteiger partial charge in [-0.2, -0.15) is 0 Å². The molecule has 1 saturated heterocycles. The quantitative estimate of drug-likeness (QED) is 0.800. The molecule has 7 heteroatoms. The van der Waals surface area contributed by atoms with Gasteiger partial charge in [0.2, 0.25) is 15.9 Å². The second-order valence-corrected chi connectivity index (χ2v) is 8.99. The summed E-state index contributed by atoms with van der Waals surface area (Å²) >= 11 is 0. The van der Waals surface area contributed by atoms with Crippen LogP contribution in [0.2, 0.25) is 0 Å². The molecule has 1 fully saturated rings. The van der Waals surface area contributed by atoms with E-state index in [-0.39, 0.29) is 24.1 Å². The van der Waals surface area contributed by atoms with Gasteiger partial charge >= 0.3 is 0 Å². The molecular formula is C17H27N3O3S. The third-order valence-corrected chi connectivity index (χ3v) is 6.13. The number of sulfonamides is 1. The zero-order valence-corrected chi connectivity index (χ0v) is 15.2. The Kier molecular flexibility index (Phi) is 6.01. The van der Waals surface area contributed by atoms with Crippen LogP contribution in [-0.4, -0.2) is 43.8 Å². The van der Waals surface area contributed by atoms with Crippen LogP contribution in [0.3, 0.4) is 0 Å². The van der Waals surface area contributed by atoms with E-state index in [2.05, 4.69) is 5.32 Å². The van der Waals surface area contributed by atoms with Crippen LogP contribution >= 0.6 is 0 Å². The molecule has 0 bridgehead atoms. The minimum Gasteiger partial charge on any atom is -0.350 e. The summed E-state index contributed by atoms with van der Waals surface area (Å²) in [6.07, 6.45) is 1.39. The molecule has 1 atom stereocenters. The molecule has 134 valence electrons. The monoisotopic (exact) mass is 353 g/mol. The number of carbonyl (C=O) groups excluding carboxylic acids is 1. The summed E-state index contributed by atoms with van der Waals surface area (Å²) in [4.78, 5) is 12.4. The Hall–Kier alpha value is -1.44. The van der Waals surface area contributed by atoms with Gasteiger partial charge in [-0.1, -0.05) is 30.3 Å². The van der Waals surface area contributed by atoms with E-state index in [1.165, 1.54) is 4.31 Å². The fraction of sp³-hybridized carbons (Fsp3) is 0.588. The average Bonchev–Trinajstić information content (AvgIpc) is 2.55. The standard InChI is InChI=1S/C17H27N3O3S/c1-17(2,13-18)19-16(21)15-9-6-10-20(11-15)24(22,23)12-14-7-4-3-5-8-14/h3-5,7-8,15H,6,9-13,18H2,1-2H3,(H,19,21). The zero-order valence-electron chi connectivity index (χ0n) is 14.4. The first-order valence-corrected chi connectivity index (χ1v) is 9.88. The number of hydrogen-bond acceptors (Lipinski definition) is 4. The van der Waals surface area contributed by atoms with Crippen LogP contribution in [0.15, 0.2) is 30.3 Å². The second kappa shape index (κ2) is 7.63. The van der Waals surface area contributed by atoms with Crippen LogP contribution in [0.4, 0.5) is 0 Å². The molecule has 6 nitrogen and oxygen atoms in total. The average molecular weight is 353 g/mol. The number of carbonyl (C=O) groups is 1. The van der Waals surface area contributed by atoms with E-state index < -0.39 is 15.6 Å². The molecule has 1 aromatic carbocycles. The first kappa shape index (κ1) is 18.9. The summed E-state index contributed by atoms with van der Waals surface area (Å²) in [5.74, 6) is -0.476. The second-order valence-electron chi connectivity index (χ2n) is 7.02. The summed E-state index contributed by atoms with van der Waals surface area (Å²) in [5, 5.41) is 2.91. The lowest BCUT2D eigenvalue weighted by Crippen LogP contribution is -2.53. The maximum Gasteiger partial charge on any atom is 0.224 e. The number of nitrogens with zero attached hydrogens (tertiary/aromatic N) is 1. The van der Waals surface area contributed by atoms with E-state index in [1.807, 2.05) is 32.0 Å². The lowest BCUT2D eigenvalue weighted by Gasteiger charge is -2.33. The normalized spacial score (nSPS) is 19.9. The van der Waals surface area contributed by atoms with Crippen molar-refractivity contribution in [1.82, 2.24) is 9.62 Å². The minimum absolute atomic E-state index is 0.0313. The molecule has 1 aliphatic rings. The maximum absolute atomic E-state index is 12.6. The number of piperidine rings is 1. The highest BCUT2D eigenvalue weighted by atomic mass is 32.2. The van der Waals surface area contributed by atoms with Gasteiger partial charge in [0.05, 0.1) is 11.7 Å². The van der Waals surface area contributed by atoms with Gasteiger partial charge in [-0.25, -0.2) is 12.7 Å². The number of amides is 1. The highest BCUT2D eigenvalue weighted by Gasteiger charge is 2.33. The van der Waals surface area contributed by atoms with Crippen LogP contribution in [-0.2, 0) is 20.6 Å². The van der Waals surface area contributed by atoms with Crippen LogP contribution in [0.1, 0.15) is 32.3 Å². The Bertz CT molecular complexity index is 659. The maximum atomic E-state index is 12.6. The fourth-order valence-electron chi connectivity index (χ4n) is 2.77. The van der Waals surface area contributed by atoms with Gasteiger partial charge in [-0.3, -0.25) is 4.79 Å². The molecule has 1 aliphatic heterocycles. The molecule has 1 heterocycles. The highest BCUT2D eigenvalue weighted by molar-refractivity contribution is 7.88. The van der Waals surface area contributed by atoms with Crippen molar-refractivity contribution in [3.63, 3.8) is 0 Å². The third kappa shape index (κ3) is 5.03. The van der Waals surface area contributed by atoms with Crippen molar-refractivity contribution in [1.29, 1.82) is 0 Å². The first-order chi connectivity index (χ1) is 11.2. The van der Waals surface area contributed by atoms with Crippen molar-refractivity contribution in [2.75, 3.05) is 19.6 Å². The van der Waals surface area contributed by atoms with Crippen LogP contribution in [0.5, 0.6) is 0 Å². The summed E-state index contributed by atoms with van der Waals surface area (Å²) < 4.78 is 26.7. The summed E-state index contributed by atoms with van der Waals surface area (Å²) in [6.45, 7) is 4.76. The number of rotatable bonds is 6. The van der Waals surface area contributed by atoms with E-state index in [0.29, 0.717) is 25.9 Å². The van der Waals surface area contributed by atoms with Crippen molar-refractivity contribution in [3.05, 3.63) is 35.9 Å².